The van der Waals surface area contributed by atoms with Crippen LogP contribution in [0.3, 0.4) is 0 Å². The molecule has 1 aromatic carbocycles. The Hall–Kier alpha value is -2.21. The van der Waals surface area contributed by atoms with E-state index < -0.39 is 11.7 Å². The van der Waals surface area contributed by atoms with Crippen LogP contribution in [0.4, 0.5) is 15.9 Å². The molecule has 2 N–H and O–H groups in total. The molecule has 1 heterocycles. The van der Waals surface area contributed by atoms with Crippen molar-refractivity contribution in [2.24, 2.45) is 0 Å². The highest BCUT2D eigenvalue weighted by Gasteiger charge is 2.14. The van der Waals surface area contributed by atoms with Crippen molar-refractivity contribution >= 4 is 29.0 Å². The van der Waals surface area contributed by atoms with Crippen LogP contribution in [-0.2, 0) is 0 Å². The zero-order valence-electron chi connectivity index (χ0n) is 11.4. The smallest absolute Gasteiger partial charge is 0.255 e. The van der Waals surface area contributed by atoms with E-state index in [4.69, 9.17) is 11.6 Å². The first-order valence-corrected chi connectivity index (χ1v) is 6.81. The molecule has 0 radical (unpaired) electrons. The number of carbonyl (C=O) groups is 1. The Balaban J connectivity index is 2.24. The van der Waals surface area contributed by atoms with Crippen LogP contribution in [0.1, 0.15) is 23.7 Å². The highest BCUT2D eigenvalue weighted by molar-refractivity contribution is 6.33. The number of amides is 1. The predicted molar refractivity (Wildman–Crippen MR) is 80.2 cm³/mol. The van der Waals surface area contributed by atoms with E-state index in [1.54, 1.807) is 0 Å². The summed E-state index contributed by atoms with van der Waals surface area (Å²) in [5.41, 5.74) is 0.471. The predicted octanol–water partition coefficient (Wildman–Crippen LogP) is 3.34. The number of benzene rings is 1. The zero-order chi connectivity index (χ0) is 15.2. The van der Waals surface area contributed by atoms with Gasteiger partial charge < -0.3 is 10.6 Å². The summed E-state index contributed by atoms with van der Waals surface area (Å²) in [6.07, 6.45) is 2.19. The van der Waals surface area contributed by atoms with E-state index in [-0.39, 0.29) is 16.4 Å². The number of hydrogen-bond acceptors (Lipinski definition) is 4. The summed E-state index contributed by atoms with van der Waals surface area (Å²) in [7, 11) is 0. The number of halogens is 2. The summed E-state index contributed by atoms with van der Waals surface area (Å²) in [6, 6.07) is 5.38. The Kier molecular flexibility index (Phi) is 5.05. The molecule has 0 saturated carbocycles. The molecule has 2 aromatic rings. The second-order valence-electron chi connectivity index (χ2n) is 4.28. The maximum Gasteiger partial charge on any atom is 0.255 e. The lowest BCUT2D eigenvalue weighted by Gasteiger charge is -2.12. The Morgan fingerprint density at radius 3 is 2.90 bits per heavy atom. The van der Waals surface area contributed by atoms with E-state index >= 15 is 0 Å². The molecule has 0 spiro atoms. The lowest BCUT2D eigenvalue weighted by atomic mass is 10.2. The third-order valence-electron chi connectivity index (χ3n) is 2.67. The van der Waals surface area contributed by atoms with Crippen LogP contribution < -0.4 is 10.6 Å². The van der Waals surface area contributed by atoms with Crippen LogP contribution in [0.5, 0.6) is 0 Å². The van der Waals surface area contributed by atoms with E-state index in [0.29, 0.717) is 12.4 Å². The number of carbonyl (C=O) groups excluding carboxylic acids is 1. The average Bonchev–Trinajstić information content (AvgIpc) is 2.47. The van der Waals surface area contributed by atoms with Crippen LogP contribution >= 0.6 is 11.6 Å². The Labute approximate surface area is 126 Å². The topological polar surface area (TPSA) is 66.9 Å². The summed E-state index contributed by atoms with van der Waals surface area (Å²) in [5.74, 6) is -0.533. The number of anilines is 2. The first kappa shape index (κ1) is 15.2. The second kappa shape index (κ2) is 6.99. The van der Waals surface area contributed by atoms with Gasteiger partial charge in [0.25, 0.3) is 5.91 Å². The highest BCUT2D eigenvalue weighted by atomic mass is 35.5. The molecule has 5 nitrogen and oxygen atoms in total. The van der Waals surface area contributed by atoms with Crippen molar-refractivity contribution in [1.29, 1.82) is 0 Å². The van der Waals surface area contributed by atoms with Crippen LogP contribution in [0.2, 0.25) is 5.15 Å². The number of aromatic nitrogens is 2. The number of rotatable bonds is 5. The minimum Gasteiger partial charge on any atom is -0.368 e. The summed E-state index contributed by atoms with van der Waals surface area (Å²) in [4.78, 5) is 20.0. The molecule has 0 aliphatic carbocycles. The molecule has 0 fully saturated rings. The van der Waals surface area contributed by atoms with Gasteiger partial charge in [0.15, 0.2) is 11.0 Å². The molecular formula is C14H14ClFN4O. The number of nitrogens with zero attached hydrogens (tertiary/aromatic N) is 2. The quantitative estimate of drug-likeness (QED) is 0.831. The van der Waals surface area contributed by atoms with Crippen LogP contribution in [0.25, 0.3) is 0 Å². The van der Waals surface area contributed by atoms with Gasteiger partial charge in [-0.15, -0.1) is 0 Å². The maximum absolute atomic E-state index is 13.1. The second-order valence-corrected chi connectivity index (χ2v) is 4.64. The fourth-order valence-electron chi connectivity index (χ4n) is 1.67. The van der Waals surface area contributed by atoms with Gasteiger partial charge in [0.05, 0.1) is 0 Å². The van der Waals surface area contributed by atoms with Gasteiger partial charge in [0.2, 0.25) is 0 Å². The van der Waals surface area contributed by atoms with Crippen molar-refractivity contribution in [2.75, 3.05) is 17.2 Å². The van der Waals surface area contributed by atoms with Gasteiger partial charge in [-0.1, -0.05) is 24.6 Å². The third-order valence-corrected chi connectivity index (χ3v) is 2.96. The fraction of sp³-hybridized carbons (Fsp3) is 0.214. The van der Waals surface area contributed by atoms with Gasteiger partial charge >= 0.3 is 0 Å². The molecule has 0 unspecified atom stereocenters. The molecule has 0 aliphatic rings. The van der Waals surface area contributed by atoms with Crippen LogP contribution in [0, 0.1) is 5.82 Å². The maximum atomic E-state index is 13.1. The summed E-state index contributed by atoms with van der Waals surface area (Å²) >= 11 is 5.99. The van der Waals surface area contributed by atoms with Crippen molar-refractivity contribution in [3.63, 3.8) is 0 Å². The summed E-state index contributed by atoms with van der Waals surface area (Å²) < 4.78 is 13.1. The Bertz CT molecular complexity index is 651. The molecule has 110 valence electrons. The largest absolute Gasteiger partial charge is 0.368 e. The minimum atomic E-state index is -0.484. The number of nitrogens with one attached hydrogen (secondary N) is 2. The van der Waals surface area contributed by atoms with E-state index in [9.17, 15) is 9.18 Å². The molecule has 2 rings (SSSR count). The third kappa shape index (κ3) is 3.88. The Morgan fingerprint density at radius 2 is 2.19 bits per heavy atom. The van der Waals surface area contributed by atoms with Crippen molar-refractivity contribution in [3.8, 4) is 0 Å². The fourth-order valence-corrected chi connectivity index (χ4v) is 1.85. The minimum absolute atomic E-state index is 0.119. The van der Waals surface area contributed by atoms with E-state index in [1.165, 1.54) is 24.5 Å². The standard InChI is InChI=1S/C14H14ClFN4O/c1-2-6-17-13-11(12(15)18-8-19-13)20-14(21)9-4-3-5-10(16)7-9/h3-5,7-8H,2,6H2,1H3,(H,20,21)(H,17,18,19). The first-order chi connectivity index (χ1) is 10.1. The van der Waals surface area contributed by atoms with Crippen LogP contribution in [-0.4, -0.2) is 22.4 Å². The average molecular weight is 309 g/mol. The van der Waals surface area contributed by atoms with Crippen molar-refractivity contribution in [1.82, 2.24) is 9.97 Å². The van der Waals surface area contributed by atoms with Crippen molar-refractivity contribution in [3.05, 3.63) is 47.1 Å². The van der Waals surface area contributed by atoms with Crippen molar-refractivity contribution in [2.45, 2.75) is 13.3 Å². The molecule has 21 heavy (non-hydrogen) atoms. The number of hydrogen-bond donors (Lipinski definition) is 2. The van der Waals surface area contributed by atoms with Crippen molar-refractivity contribution < 1.29 is 9.18 Å². The first-order valence-electron chi connectivity index (χ1n) is 6.43. The van der Waals surface area contributed by atoms with E-state index in [1.807, 2.05) is 6.92 Å². The zero-order valence-corrected chi connectivity index (χ0v) is 12.1. The van der Waals surface area contributed by atoms with Gasteiger partial charge in [-0.05, 0) is 24.6 Å². The molecule has 0 aliphatic heterocycles. The van der Waals surface area contributed by atoms with Crippen LogP contribution in [0.15, 0.2) is 30.6 Å². The van der Waals surface area contributed by atoms with Gasteiger partial charge in [0, 0.05) is 12.1 Å². The van der Waals surface area contributed by atoms with Gasteiger partial charge in [-0.25, -0.2) is 14.4 Å². The lowest BCUT2D eigenvalue weighted by molar-refractivity contribution is 0.102. The molecule has 0 bridgehead atoms. The lowest BCUT2D eigenvalue weighted by Crippen LogP contribution is -2.15. The van der Waals surface area contributed by atoms with Gasteiger partial charge in [-0.2, -0.15) is 0 Å². The summed E-state index contributed by atoms with van der Waals surface area (Å²) in [6.45, 7) is 2.68. The highest BCUT2D eigenvalue weighted by Crippen LogP contribution is 2.26. The molecule has 0 saturated heterocycles. The molecule has 1 amide bonds. The SMILES string of the molecule is CCCNc1ncnc(Cl)c1NC(=O)c1cccc(F)c1. The van der Waals surface area contributed by atoms with E-state index in [0.717, 1.165) is 12.5 Å². The summed E-state index contributed by atoms with van der Waals surface area (Å²) in [5, 5.41) is 5.77. The normalized spacial score (nSPS) is 10.2. The Morgan fingerprint density at radius 1 is 1.38 bits per heavy atom. The van der Waals surface area contributed by atoms with E-state index in [2.05, 4.69) is 20.6 Å². The van der Waals surface area contributed by atoms with Gasteiger partial charge in [0.1, 0.15) is 17.8 Å². The van der Waals surface area contributed by atoms with Gasteiger partial charge in [-0.3, -0.25) is 4.79 Å². The monoisotopic (exact) mass is 308 g/mol. The molecule has 1 aromatic heterocycles. The molecular weight excluding hydrogens is 295 g/mol. The molecule has 0 atom stereocenters. The molecule has 7 heteroatoms.